The van der Waals surface area contributed by atoms with Crippen LogP contribution in [0.2, 0.25) is 5.02 Å². The van der Waals surface area contributed by atoms with E-state index in [0.717, 1.165) is 5.69 Å². The highest BCUT2D eigenvalue weighted by Gasteiger charge is 2.22. The Morgan fingerprint density at radius 3 is 2.78 bits per heavy atom. The molecule has 2 heterocycles. The van der Waals surface area contributed by atoms with Crippen molar-refractivity contribution in [1.82, 2.24) is 19.6 Å². The molecule has 27 heavy (non-hydrogen) atoms. The van der Waals surface area contributed by atoms with E-state index in [1.165, 1.54) is 4.68 Å². The van der Waals surface area contributed by atoms with Gasteiger partial charge in [0.1, 0.15) is 17.2 Å². The lowest BCUT2D eigenvalue weighted by Crippen LogP contribution is -2.17. The molecule has 2 aromatic heterocycles. The summed E-state index contributed by atoms with van der Waals surface area (Å²) >= 11 is 6.00. The number of anilines is 1. The summed E-state index contributed by atoms with van der Waals surface area (Å²) in [6.07, 6.45) is 1.68. The Morgan fingerprint density at radius 1 is 1.33 bits per heavy atom. The maximum Gasteiger partial charge on any atom is 0.312 e. The Hall–Kier alpha value is -3.20. The predicted molar refractivity (Wildman–Crippen MR) is 100 cm³/mol. The van der Waals surface area contributed by atoms with Crippen LogP contribution in [-0.4, -0.2) is 30.4 Å². The van der Waals surface area contributed by atoms with E-state index in [9.17, 15) is 14.9 Å². The van der Waals surface area contributed by atoms with Gasteiger partial charge in [0.15, 0.2) is 0 Å². The number of benzene rings is 1. The third-order valence-corrected chi connectivity index (χ3v) is 4.27. The van der Waals surface area contributed by atoms with Gasteiger partial charge in [0.25, 0.3) is 0 Å². The molecule has 3 aromatic rings. The van der Waals surface area contributed by atoms with Crippen LogP contribution in [0.4, 0.5) is 11.5 Å². The van der Waals surface area contributed by atoms with Crippen LogP contribution in [0, 0.1) is 24.0 Å². The Balaban J connectivity index is 1.69. The Labute approximate surface area is 159 Å². The lowest BCUT2D eigenvalue weighted by atomic mass is 10.3. The van der Waals surface area contributed by atoms with E-state index < -0.39 is 4.92 Å². The van der Waals surface area contributed by atoms with Crippen molar-refractivity contribution in [2.45, 2.75) is 26.8 Å². The van der Waals surface area contributed by atoms with Crippen molar-refractivity contribution < 1.29 is 9.72 Å². The number of nitrogens with one attached hydrogen (secondary N) is 1. The van der Waals surface area contributed by atoms with Crippen LogP contribution < -0.4 is 5.32 Å². The van der Waals surface area contributed by atoms with Crippen LogP contribution in [0.3, 0.4) is 0 Å². The van der Waals surface area contributed by atoms with Gasteiger partial charge in [-0.25, -0.2) is 4.68 Å². The third-order valence-electron chi connectivity index (χ3n) is 4.04. The minimum absolute atomic E-state index is 0.0190. The van der Waals surface area contributed by atoms with Gasteiger partial charge in [-0.05, 0) is 32.0 Å². The van der Waals surface area contributed by atoms with Crippen molar-refractivity contribution in [2.24, 2.45) is 0 Å². The molecular formula is C17H17ClN6O3. The number of aryl methyl sites for hydroxylation is 2. The number of halogens is 1. The van der Waals surface area contributed by atoms with Gasteiger partial charge in [0, 0.05) is 17.5 Å². The first-order valence-corrected chi connectivity index (χ1v) is 8.53. The van der Waals surface area contributed by atoms with Gasteiger partial charge in [-0.3, -0.25) is 19.6 Å². The molecule has 1 amide bonds. The average Bonchev–Trinajstić information content (AvgIpc) is 3.17. The van der Waals surface area contributed by atoms with Crippen molar-refractivity contribution in [2.75, 3.05) is 5.32 Å². The smallest absolute Gasteiger partial charge is 0.311 e. The molecule has 0 bridgehead atoms. The highest BCUT2D eigenvalue weighted by Crippen LogP contribution is 2.22. The molecule has 10 heteroatoms. The normalized spacial score (nSPS) is 10.8. The maximum atomic E-state index is 12.3. The summed E-state index contributed by atoms with van der Waals surface area (Å²) in [7, 11) is 0. The molecule has 0 aliphatic carbocycles. The van der Waals surface area contributed by atoms with Crippen LogP contribution >= 0.6 is 11.6 Å². The van der Waals surface area contributed by atoms with Crippen molar-refractivity contribution in [3.63, 3.8) is 0 Å². The van der Waals surface area contributed by atoms with Crippen LogP contribution in [-0.2, 0) is 11.3 Å². The molecule has 1 aromatic carbocycles. The lowest BCUT2D eigenvalue weighted by molar-refractivity contribution is -0.386. The van der Waals surface area contributed by atoms with Crippen LogP contribution in [0.25, 0.3) is 5.69 Å². The number of carbonyl (C=O) groups is 1. The third kappa shape index (κ3) is 3.98. The Kier molecular flexibility index (Phi) is 5.22. The first kappa shape index (κ1) is 18.6. The number of hydrogen-bond donors (Lipinski definition) is 1. The van der Waals surface area contributed by atoms with Crippen molar-refractivity contribution in [3.05, 3.63) is 63.1 Å². The highest BCUT2D eigenvalue weighted by atomic mass is 35.5. The highest BCUT2D eigenvalue weighted by molar-refractivity contribution is 6.30. The van der Waals surface area contributed by atoms with Gasteiger partial charge in [-0.15, -0.1) is 0 Å². The molecule has 0 unspecified atom stereocenters. The summed E-state index contributed by atoms with van der Waals surface area (Å²) in [5, 5.41) is 22.7. The van der Waals surface area contributed by atoms with E-state index >= 15 is 0 Å². The number of nitrogens with zero attached hydrogens (tertiary/aromatic N) is 5. The number of aromatic nitrogens is 4. The standard InChI is InChI=1S/C17H17ClN6O3/c1-11-17(24(26)27)12(2)22(21-11)9-7-16(25)20-15-6-8-19-23(15)14-5-3-4-13(18)10-14/h3-6,8,10H,7,9H2,1-2H3,(H,20,25). The van der Waals surface area contributed by atoms with Crippen molar-refractivity contribution >= 4 is 29.0 Å². The largest absolute Gasteiger partial charge is 0.312 e. The van der Waals surface area contributed by atoms with E-state index in [0.29, 0.717) is 22.2 Å². The SMILES string of the molecule is Cc1nn(CCC(=O)Nc2ccnn2-c2cccc(Cl)c2)c(C)c1[N+](=O)[O-]. The predicted octanol–water partition coefficient (Wildman–Crippen LogP) is 3.28. The van der Waals surface area contributed by atoms with Gasteiger partial charge in [-0.1, -0.05) is 17.7 Å². The lowest BCUT2D eigenvalue weighted by Gasteiger charge is -2.09. The van der Waals surface area contributed by atoms with Crippen LogP contribution in [0.5, 0.6) is 0 Å². The molecule has 0 aliphatic heterocycles. The second-order valence-electron chi connectivity index (χ2n) is 5.91. The second kappa shape index (κ2) is 7.58. The molecule has 0 saturated carbocycles. The number of amides is 1. The second-order valence-corrected chi connectivity index (χ2v) is 6.34. The Bertz CT molecular complexity index is 1010. The van der Waals surface area contributed by atoms with Gasteiger partial charge >= 0.3 is 5.69 Å². The molecule has 0 fully saturated rings. The summed E-state index contributed by atoms with van der Waals surface area (Å²) < 4.78 is 3.04. The zero-order valence-corrected chi connectivity index (χ0v) is 15.5. The van der Waals surface area contributed by atoms with E-state index in [2.05, 4.69) is 15.5 Å². The van der Waals surface area contributed by atoms with Gasteiger partial charge in [0.2, 0.25) is 5.91 Å². The topological polar surface area (TPSA) is 108 Å². The van der Waals surface area contributed by atoms with Gasteiger partial charge in [-0.2, -0.15) is 10.2 Å². The van der Waals surface area contributed by atoms with E-state index in [4.69, 9.17) is 11.6 Å². The molecule has 140 valence electrons. The molecular weight excluding hydrogens is 372 g/mol. The fourth-order valence-electron chi connectivity index (χ4n) is 2.79. The first-order valence-electron chi connectivity index (χ1n) is 8.15. The van der Waals surface area contributed by atoms with Crippen LogP contribution in [0.1, 0.15) is 17.8 Å². The number of nitro groups is 1. The minimum Gasteiger partial charge on any atom is -0.311 e. The molecule has 1 N–H and O–H groups in total. The fourth-order valence-corrected chi connectivity index (χ4v) is 2.98. The summed E-state index contributed by atoms with van der Waals surface area (Å²) in [5.74, 6) is 0.246. The number of carbonyl (C=O) groups excluding carboxylic acids is 1. The fraction of sp³-hybridized carbons (Fsp3) is 0.235. The number of rotatable bonds is 6. The molecule has 0 atom stereocenters. The van der Waals surface area contributed by atoms with Crippen LogP contribution in [0.15, 0.2) is 36.5 Å². The maximum absolute atomic E-state index is 12.3. The summed E-state index contributed by atoms with van der Waals surface area (Å²) in [4.78, 5) is 22.9. The van der Waals surface area contributed by atoms with E-state index in [1.54, 1.807) is 49.0 Å². The number of hydrogen-bond acceptors (Lipinski definition) is 5. The van der Waals surface area contributed by atoms with Gasteiger partial charge < -0.3 is 5.32 Å². The molecule has 9 nitrogen and oxygen atoms in total. The van der Waals surface area contributed by atoms with Crippen molar-refractivity contribution in [3.8, 4) is 5.69 Å². The molecule has 3 rings (SSSR count). The molecule has 0 saturated heterocycles. The Morgan fingerprint density at radius 2 is 2.11 bits per heavy atom. The van der Waals surface area contributed by atoms with E-state index in [1.807, 2.05) is 6.07 Å². The van der Waals surface area contributed by atoms with Gasteiger partial charge in [0.05, 0.1) is 23.4 Å². The van der Waals surface area contributed by atoms with E-state index in [-0.39, 0.29) is 24.6 Å². The van der Waals surface area contributed by atoms with Crippen molar-refractivity contribution in [1.29, 1.82) is 0 Å². The summed E-state index contributed by atoms with van der Waals surface area (Å²) in [5.41, 5.74) is 1.46. The first-order chi connectivity index (χ1) is 12.9. The zero-order valence-electron chi connectivity index (χ0n) is 14.7. The zero-order chi connectivity index (χ0) is 19.6. The summed E-state index contributed by atoms with van der Waals surface area (Å²) in [6.45, 7) is 3.42. The molecule has 0 aliphatic rings. The molecule has 0 spiro atoms. The average molecular weight is 389 g/mol. The minimum atomic E-state index is -0.461. The summed E-state index contributed by atoms with van der Waals surface area (Å²) in [6, 6.07) is 8.77. The monoisotopic (exact) mass is 388 g/mol. The molecule has 0 radical (unpaired) electrons. The quantitative estimate of drug-likeness (QED) is 0.515.